The highest BCUT2D eigenvalue weighted by atomic mass is 14.7. The summed E-state index contributed by atoms with van der Waals surface area (Å²) < 4.78 is 0. The summed E-state index contributed by atoms with van der Waals surface area (Å²) in [5.74, 6) is 0.709. The Morgan fingerprint density at radius 1 is 1.10 bits per heavy atom. The average molecular weight is 287 g/mol. The number of rotatable bonds is 3. The molecular formula is C20H33N. The molecule has 1 nitrogen and oxygen atoms in total. The van der Waals surface area contributed by atoms with Crippen LogP contribution in [0.4, 0.5) is 0 Å². The standard InChI is InChI=1S/C20H33N/c1-19(2,3)17-8-6-15(7-9-17)14-18(21)16-10-12-20(4,5)13-11-16/h6-9,16,18H,10-14,21H2,1-5H3. The zero-order valence-electron chi connectivity index (χ0n) is 14.6. The monoisotopic (exact) mass is 287 g/mol. The lowest BCUT2D eigenvalue weighted by Crippen LogP contribution is -2.36. The molecule has 118 valence electrons. The molecule has 0 bridgehead atoms. The van der Waals surface area contributed by atoms with E-state index in [4.69, 9.17) is 5.73 Å². The Kier molecular flexibility index (Phi) is 4.82. The summed E-state index contributed by atoms with van der Waals surface area (Å²) >= 11 is 0. The molecule has 2 N–H and O–H groups in total. The zero-order valence-corrected chi connectivity index (χ0v) is 14.6. The van der Waals surface area contributed by atoms with Crippen LogP contribution in [0, 0.1) is 11.3 Å². The Morgan fingerprint density at radius 2 is 1.62 bits per heavy atom. The van der Waals surface area contributed by atoms with Crippen molar-refractivity contribution in [1.82, 2.24) is 0 Å². The molecule has 1 fully saturated rings. The van der Waals surface area contributed by atoms with Crippen molar-refractivity contribution in [2.24, 2.45) is 17.1 Å². The molecule has 1 saturated carbocycles. The first-order chi connectivity index (χ1) is 9.67. The maximum absolute atomic E-state index is 6.49. The molecular weight excluding hydrogens is 254 g/mol. The Labute approximate surface area is 131 Å². The second kappa shape index (κ2) is 6.12. The van der Waals surface area contributed by atoms with Crippen LogP contribution in [0.25, 0.3) is 0 Å². The maximum Gasteiger partial charge on any atom is 0.0108 e. The molecule has 0 aromatic heterocycles. The fourth-order valence-electron chi connectivity index (χ4n) is 3.43. The minimum absolute atomic E-state index is 0.232. The third-order valence-electron chi connectivity index (χ3n) is 5.28. The summed E-state index contributed by atoms with van der Waals surface area (Å²) in [6.07, 6.45) is 6.28. The van der Waals surface area contributed by atoms with Gasteiger partial charge in [0.25, 0.3) is 0 Å². The normalized spacial score (nSPS) is 21.2. The molecule has 0 saturated heterocycles. The minimum Gasteiger partial charge on any atom is -0.327 e. The molecule has 0 aliphatic heterocycles. The van der Waals surface area contributed by atoms with Crippen LogP contribution in [0.1, 0.15) is 71.4 Å². The van der Waals surface area contributed by atoms with E-state index in [1.165, 1.54) is 36.8 Å². The highest BCUT2D eigenvalue weighted by Gasteiger charge is 2.29. The first-order valence-corrected chi connectivity index (χ1v) is 8.52. The molecule has 1 unspecified atom stereocenters. The van der Waals surface area contributed by atoms with E-state index in [1.807, 2.05) is 0 Å². The SMILES string of the molecule is CC1(C)CCC(C(N)Cc2ccc(C(C)(C)C)cc2)CC1. The van der Waals surface area contributed by atoms with Gasteiger partial charge in [0, 0.05) is 6.04 Å². The van der Waals surface area contributed by atoms with Crippen molar-refractivity contribution in [3.8, 4) is 0 Å². The van der Waals surface area contributed by atoms with Crippen molar-refractivity contribution in [3.05, 3.63) is 35.4 Å². The summed E-state index contributed by atoms with van der Waals surface area (Å²) in [5, 5.41) is 0. The molecule has 1 aromatic rings. The van der Waals surface area contributed by atoms with E-state index in [-0.39, 0.29) is 5.41 Å². The largest absolute Gasteiger partial charge is 0.327 e. The van der Waals surface area contributed by atoms with E-state index in [0.717, 1.165) is 6.42 Å². The molecule has 0 amide bonds. The van der Waals surface area contributed by atoms with Gasteiger partial charge in [0.05, 0.1) is 0 Å². The van der Waals surface area contributed by atoms with Crippen LogP contribution in [-0.4, -0.2) is 6.04 Å². The van der Waals surface area contributed by atoms with Gasteiger partial charge in [-0.25, -0.2) is 0 Å². The minimum atomic E-state index is 0.232. The Balaban J connectivity index is 1.92. The van der Waals surface area contributed by atoms with Crippen molar-refractivity contribution < 1.29 is 0 Å². The smallest absolute Gasteiger partial charge is 0.0108 e. The van der Waals surface area contributed by atoms with Gasteiger partial charge >= 0.3 is 0 Å². The van der Waals surface area contributed by atoms with Crippen molar-refractivity contribution in [2.75, 3.05) is 0 Å². The lowest BCUT2D eigenvalue weighted by Gasteiger charge is -2.37. The fourth-order valence-corrected chi connectivity index (χ4v) is 3.43. The molecule has 0 radical (unpaired) electrons. The lowest BCUT2D eigenvalue weighted by molar-refractivity contribution is 0.173. The second-order valence-electron chi connectivity index (χ2n) is 8.82. The van der Waals surface area contributed by atoms with Crippen molar-refractivity contribution in [1.29, 1.82) is 0 Å². The van der Waals surface area contributed by atoms with E-state index in [1.54, 1.807) is 0 Å². The molecule has 1 aliphatic rings. The van der Waals surface area contributed by atoms with Gasteiger partial charge in [-0.15, -0.1) is 0 Å². The summed E-state index contributed by atoms with van der Waals surface area (Å²) in [5.41, 5.74) is 10.0. The molecule has 0 heterocycles. The van der Waals surface area contributed by atoms with Crippen LogP contribution in [0.15, 0.2) is 24.3 Å². The highest BCUT2D eigenvalue weighted by molar-refractivity contribution is 5.28. The van der Waals surface area contributed by atoms with Crippen LogP contribution < -0.4 is 5.73 Å². The van der Waals surface area contributed by atoms with Crippen LogP contribution in [0.2, 0.25) is 0 Å². The van der Waals surface area contributed by atoms with Gasteiger partial charge in [-0.2, -0.15) is 0 Å². The van der Waals surface area contributed by atoms with Crippen LogP contribution in [0.3, 0.4) is 0 Å². The average Bonchev–Trinajstić information content (AvgIpc) is 2.38. The molecule has 0 spiro atoms. The Hall–Kier alpha value is -0.820. The predicted octanol–water partition coefficient (Wildman–Crippen LogP) is 5.07. The van der Waals surface area contributed by atoms with Crippen molar-refractivity contribution in [2.45, 2.75) is 78.2 Å². The quantitative estimate of drug-likeness (QED) is 0.825. The zero-order chi connectivity index (χ0) is 15.7. The first-order valence-electron chi connectivity index (χ1n) is 8.52. The Morgan fingerprint density at radius 3 is 2.10 bits per heavy atom. The van der Waals surface area contributed by atoms with Gasteiger partial charge in [0.1, 0.15) is 0 Å². The molecule has 1 aromatic carbocycles. The first kappa shape index (κ1) is 16.5. The molecule has 1 heteroatoms. The second-order valence-corrected chi connectivity index (χ2v) is 8.82. The summed E-state index contributed by atoms with van der Waals surface area (Å²) in [6.45, 7) is 11.6. The number of benzene rings is 1. The van der Waals surface area contributed by atoms with E-state index < -0.39 is 0 Å². The fraction of sp³-hybridized carbons (Fsp3) is 0.700. The summed E-state index contributed by atoms with van der Waals surface area (Å²) in [6, 6.07) is 9.40. The molecule has 21 heavy (non-hydrogen) atoms. The third kappa shape index (κ3) is 4.57. The van der Waals surface area contributed by atoms with E-state index in [9.17, 15) is 0 Å². The van der Waals surface area contributed by atoms with Crippen LogP contribution in [-0.2, 0) is 11.8 Å². The number of nitrogens with two attached hydrogens (primary N) is 1. The lowest BCUT2D eigenvalue weighted by atomic mass is 9.70. The third-order valence-corrected chi connectivity index (χ3v) is 5.28. The topological polar surface area (TPSA) is 26.0 Å². The summed E-state index contributed by atoms with van der Waals surface area (Å²) in [7, 11) is 0. The van der Waals surface area contributed by atoms with Crippen molar-refractivity contribution >= 4 is 0 Å². The van der Waals surface area contributed by atoms with E-state index >= 15 is 0 Å². The van der Waals surface area contributed by atoms with Gasteiger partial charge in [0.2, 0.25) is 0 Å². The predicted molar refractivity (Wildman–Crippen MR) is 92.6 cm³/mol. The Bertz CT molecular complexity index is 440. The molecule has 1 atom stereocenters. The highest BCUT2D eigenvalue weighted by Crippen LogP contribution is 2.39. The van der Waals surface area contributed by atoms with E-state index in [2.05, 4.69) is 58.9 Å². The van der Waals surface area contributed by atoms with E-state index in [0.29, 0.717) is 17.4 Å². The van der Waals surface area contributed by atoms with Crippen LogP contribution >= 0.6 is 0 Å². The number of hydrogen-bond acceptors (Lipinski definition) is 1. The van der Waals surface area contributed by atoms with Gasteiger partial charge in [-0.05, 0) is 60.0 Å². The van der Waals surface area contributed by atoms with Gasteiger partial charge in [-0.1, -0.05) is 58.9 Å². The van der Waals surface area contributed by atoms with Gasteiger partial charge in [0.15, 0.2) is 0 Å². The van der Waals surface area contributed by atoms with Gasteiger partial charge in [-0.3, -0.25) is 0 Å². The van der Waals surface area contributed by atoms with Gasteiger partial charge < -0.3 is 5.73 Å². The van der Waals surface area contributed by atoms with Crippen LogP contribution in [0.5, 0.6) is 0 Å². The molecule has 2 rings (SSSR count). The molecule has 1 aliphatic carbocycles. The summed E-state index contributed by atoms with van der Waals surface area (Å²) in [4.78, 5) is 0. The van der Waals surface area contributed by atoms with Crippen molar-refractivity contribution in [3.63, 3.8) is 0 Å². The number of hydrogen-bond donors (Lipinski definition) is 1. The maximum atomic E-state index is 6.49.